The molecule has 1 aliphatic carbocycles. The highest BCUT2D eigenvalue weighted by atomic mass is 16.3. The molecule has 0 bridgehead atoms. The van der Waals surface area contributed by atoms with E-state index < -0.39 is 5.60 Å². The predicted octanol–water partition coefficient (Wildman–Crippen LogP) is 5.21. The standard InChI is InChI=1S/C23H31NO/c1-2-23(25,21-13-4-3-5-14-21)16-9-17-24-18-20-12-8-11-19-10-6-7-15-22(19)20/h6-12,15-16,21,24-25H,2-5,13-14,17-18H2,1H3. The van der Waals surface area contributed by atoms with Gasteiger partial charge in [0, 0.05) is 13.1 Å². The lowest BCUT2D eigenvalue weighted by molar-refractivity contribution is 0.00733. The maximum absolute atomic E-state index is 11.0. The van der Waals surface area contributed by atoms with E-state index >= 15 is 0 Å². The number of hydrogen-bond acceptors (Lipinski definition) is 2. The first kappa shape index (κ1) is 18.2. The van der Waals surface area contributed by atoms with E-state index in [1.807, 2.05) is 0 Å². The quantitative estimate of drug-likeness (QED) is 0.537. The van der Waals surface area contributed by atoms with Gasteiger partial charge in [0.1, 0.15) is 0 Å². The molecule has 1 fully saturated rings. The van der Waals surface area contributed by atoms with Gasteiger partial charge in [0.15, 0.2) is 0 Å². The van der Waals surface area contributed by atoms with Crippen LogP contribution in [0.4, 0.5) is 0 Å². The van der Waals surface area contributed by atoms with Crippen LogP contribution in [0.3, 0.4) is 0 Å². The molecule has 0 amide bonds. The summed E-state index contributed by atoms with van der Waals surface area (Å²) in [6.07, 6.45) is 11.2. The Hall–Kier alpha value is -1.64. The van der Waals surface area contributed by atoms with Crippen molar-refractivity contribution < 1.29 is 5.11 Å². The van der Waals surface area contributed by atoms with Crippen molar-refractivity contribution in [2.24, 2.45) is 5.92 Å². The zero-order valence-electron chi connectivity index (χ0n) is 15.4. The lowest BCUT2D eigenvalue weighted by Gasteiger charge is -2.35. The Kier molecular flexibility index (Phi) is 6.28. The predicted molar refractivity (Wildman–Crippen MR) is 107 cm³/mol. The SMILES string of the molecule is CCC(O)(C=CCNCc1cccc2ccccc12)C1CCCCC1. The summed E-state index contributed by atoms with van der Waals surface area (Å²) >= 11 is 0. The second-order valence-electron chi connectivity index (χ2n) is 7.35. The van der Waals surface area contributed by atoms with Gasteiger partial charge in [-0.15, -0.1) is 0 Å². The summed E-state index contributed by atoms with van der Waals surface area (Å²) in [5.74, 6) is 0.431. The molecule has 2 nitrogen and oxygen atoms in total. The van der Waals surface area contributed by atoms with Gasteiger partial charge in [-0.3, -0.25) is 0 Å². The fourth-order valence-electron chi connectivity index (χ4n) is 4.14. The molecule has 0 radical (unpaired) electrons. The fourth-order valence-corrected chi connectivity index (χ4v) is 4.14. The van der Waals surface area contributed by atoms with Crippen molar-refractivity contribution in [3.63, 3.8) is 0 Å². The van der Waals surface area contributed by atoms with Crippen molar-refractivity contribution in [1.82, 2.24) is 5.32 Å². The molecule has 2 heteroatoms. The Morgan fingerprint density at radius 3 is 2.64 bits per heavy atom. The molecule has 0 aromatic heterocycles. The molecule has 3 rings (SSSR count). The zero-order chi connectivity index (χ0) is 17.5. The molecule has 2 aromatic carbocycles. The molecule has 1 saturated carbocycles. The minimum absolute atomic E-state index is 0.431. The zero-order valence-corrected chi connectivity index (χ0v) is 15.4. The summed E-state index contributed by atoms with van der Waals surface area (Å²) < 4.78 is 0. The second kappa shape index (κ2) is 8.64. The molecule has 1 unspecified atom stereocenters. The average molecular weight is 338 g/mol. The van der Waals surface area contributed by atoms with Gasteiger partial charge in [0.25, 0.3) is 0 Å². The molecule has 1 aliphatic rings. The number of aliphatic hydroxyl groups is 1. The number of fused-ring (bicyclic) bond motifs is 1. The Labute approximate surface area is 152 Å². The molecule has 2 aromatic rings. The van der Waals surface area contributed by atoms with E-state index in [2.05, 4.69) is 66.9 Å². The van der Waals surface area contributed by atoms with Crippen LogP contribution in [0.25, 0.3) is 10.8 Å². The lowest BCUT2D eigenvalue weighted by atomic mass is 9.75. The number of rotatable bonds is 7. The van der Waals surface area contributed by atoms with Crippen LogP contribution in [0.1, 0.15) is 51.0 Å². The topological polar surface area (TPSA) is 32.3 Å². The van der Waals surface area contributed by atoms with Crippen molar-refractivity contribution >= 4 is 10.8 Å². The van der Waals surface area contributed by atoms with Crippen LogP contribution in [0.5, 0.6) is 0 Å². The van der Waals surface area contributed by atoms with Gasteiger partial charge in [0.05, 0.1) is 5.60 Å². The molecule has 1 atom stereocenters. The van der Waals surface area contributed by atoms with E-state index in [1.54, 1.807) is 0 Å². The molecule has 0 aliphatic heterocycles. The minimum Gasteiger partial charge on any atom is -0.386 e. The maximum Gasteiger partial charge on any atom is 0.0853 e. The summed E-state index contributed by atoms with van der Waals surface area (Å²) in [5.41, 5.74) is 0.700. The van der Waals surface area contributed by atoms with Crippen LogP contribution in [0.2, 0.25) is 0 Å². The number of benzene rings is 2. The first-order valence-electron chi connectivity index (χ1n) is 9.80. The van der Waals surface area contributed by atoms with Crippen molar-refractivity contribution in [2.45, 2.75) is 57.6 Å². The van der Waals surface area contributed by atoms with E-state index in [1.165, 1.54) is 35.6 Å². The highest BCUT2D eigenvalue weighted by Gasteiger charge is 2.32. The second-order valence-corrected chi connectivity index (χ2v) is 7.35. The van der Waals surface area contributed by atoms with Crippen molar-refractivity contribution in [3.8, 4) is 0 Å². The summed E-state index contributed by atoms with van der Waals surface area (Å²) in [4.78, 5) is 0. The van der Waals surface area contributed by atoms with Crippen molar-refractivity contribution in [1.29, 1.82) is 0 Å². The third-order valence-electron chi connectivity index (χ3n) is 5.74. The molecule has 2 N–H and O–H groups in total. The summed E-state index contributed by atoms with van der Waals surface area (Å²) in [6.45, 7) is 3.74. The van der Waals surface area contributed by atoms with Gasteiger partial charge in [-0.1, -0.05) is 80.8 Å². The van der Waals surface area contributed by atoms with Gasteiger partial charge in [-0.25, -0.2) is 0 Å². The van der Waals surface area contributed by atoms with E-state index in [-0.39, 0.29) is 0 Å². The molecule has 0 heterocycles. The fraction of sp³-hybridized carbons (Fsp3) is 0.478. The van der Waals surface area contributed by atoms with E-state index in [0.717, 1.165) is 32.4 Å². The first-order chi connectivity index (χ1) is 12.2. The van der Waals surface area contributed by atoms with Gasteiger partial charge in [0.2, 0.25) is 0 Å². The Morgan fingerprint density at radius 1 is 1.08 bits per heavy atom. The van der Waals surface area contributed by atoms with Gasteiger partial charge in [-0.2, -0.15) is 0 Å². The van der Waals surface area contributed by atoms with Crippen molar-refractivity contribution in [2.75, 3.05) is 6.54 Å². The van der Waals surface area contributed by atoms with Gasteiger partial charge < -0.3 is 10.4 Å². The maximum atomic E-state index is 11.0. The highest BCUT2D eigenvalue weighted by molar-refractivity contribution is 5.85. The molecular formula is C23H31NO. The summed E-state index contributed by atoms with van der Waals surface area (Å²) in [6, 6.07) is 15.0. The molecule has 134 valence electrons. The largest absolute Gasteiger partial charge is 0.386 e. The number of nitrogens with one attached hydrogen (secondary N) is 1. The van der Waals surface area contributed by atoms with E-state index in [0.29, 0.717) is 5.92 Å². The van der Waals surface area contributed by atoms with Crippen LogP contribution in [0, 0.1) is 5.92 Å². The van der Waals surface area contributed by atoms with E-state index in [4.69, 9.17) is 0 Å². The molecular weight excluding hydrogens is 306 g/mol. The van der Waals surface area contributed by atoms with Crippen LogP contribution in [-0.4, -0.2) is 17.3 Å². The highest BCUT2D eigenvalue weighted by Crippen LogP contribution is 2.35. The Morgan fingerprint density at radius 2 is 1.84 bits per heavy atom. The number of hydrogen-bond donors (Lipinski definition) is 2. The normalized spacial score (nSPS) is 18.6. The Bertz CT molecular complexity index is 697. The monoisotopic (exact) mass is 337 g/mol. The van der Waals surface area contributed by atoms with Crippen LogP contribution < -0.4 is 5.32 Å². The Balaban J connectivity index is 1.55. The molecule has 0 saturated heterocycles. The van der Waals surface area contributed by atoms with Crippen LogP contribution in [-0.2, 0) is 6.54 Å². The van der Waals surface area contributed by atoms with Crippen molar-refractivity contribution in [3.05, 3.63) is 60.2 Å². The molecule has 0 spiro atoms. The smallest absolute Gasteiger partial charge is 0.0853 e. The first-order valence-corrected chi connectivity index (χ1v) is 9.80. The average Bonchev–Trinajstić information content (AvgIpc) is 2.68. The van der Waals surface area contributed by atoms with Crippen LogP contribution >= 0.6 is 0 Å². The lowest BCUT2D eigenvalue weighted by Crippen LogP contribution is -2.36. The van der Waals surface area contributed by atoms with Crippen LogP contribution in [0.15, 0.2) is 54.6 Å². The third-order valence-corrected chi connectivity index (χ3v) is 5.74. The summed E-state index contributed by atoms with van der Waals surface area (Å²) in [7, 11) is 0. The molecule has 25 heavy (non-hydrogen) atoms. The van der Waals surface area contributed by atoms with Gasteiger partial charge in [-0.05, 0) is 41.5 Å². The van der Waals surface area contributed by atoms with Gasteiger partial charge >= 0.3 is 0 Å². The van der Waals surface area contributed by atoms with E-state index in [9.17, 15) is 5.11 Å². The summed E-state index contributed by atoms with van der Waals surface area (Å²) in [5, 5.41) is 17.1. The minimum atomic E-state index is -0.623. The third kappa shape index (κ3) is 4.50.